The second kappa shape index (κ2) is 6.96. The Labute approximate surface area is 156 Å². The fourth-order valence-electron chi connectivity index (χ4n) is 2.19. The van der Waals surface area contributed by atoms with Gasteiger partial charge in [0.2, 0.25) is 0 Å². The lowest BCUT2D eigenvalue weighted by atomic mass is 10.2. The van der Waals surface area contributed by atoms with Crippen LogP contribution in [0.5, 0.6) is 5.75 Å². The van der Waals surface area contributed by atoms with E-state index in [4.69, 9.17) is 0 Å². The van der Waals surface area contributed by atoms with Crippen molar-refractivity contribution in [3.8, 4) is 22.8 Å². The van der Waals surface area contributed by atoms with Gasteiger partial charge in [-0.25, -0.2) is 9.48 Å². The van der Waals surface area contributed by atoms with Crippen LogP contribution in [0.1, 0.15) is 10.5 Å². The van der Waals surface area contributed by atoms with Gasteiger partial charge in [-0.1, -0.05) is 18.2 Å². The van der Waals surface area contributed by atoms with Gasteiger partial charge >= 0.3 is 21.6 Å². The summed E-state index contributed by atoms with van der Waals surface area (Å²) in [5, 5.41) is 13.1. The van der Waals surface area contributed by atoms with Crippen molar-refractivity contribution in [2.45, 2.75) is 5.51 Å². The molecule has 0 aliphatic carbocycles. The van der Waals surface area contributed by atoms with E-state index in [9.17, 15) is 31.5 Å². The number of benzene rings is 1. The Morgan fingerprint density at radius 3 is 2.32 bits per heavy atom. The minimum absolute atomic E-state index is 0.139. The van der Waals surface area contributed by atoms with Gasteiger partial charge in [0, 0.05) is 6.07 Å². The topological polar surface area (TPSA) is 111 Å². The molecule has 8 nitrogen and oxygen atoms in total. The molecule has 0 bridgehead atoms. The molecule has 146 valence electrons. The first-order valence-corrected chi connectivity index (χ1v) is 8.85. The van der Waals surface area contributed by atoms with Crippen molar-refractivity contribution in [1.82, 2.24) is 14.8 Å². The number of alkyl halides is 3. The number of carboxylic acids is 1. The molecule has 3 aromatic rings. The van der Waals surface area contributed by atoms with E-state index in [0.717, 1.165) is 12.3 Å². The Kier molecular flexibility index (Phi) is 4.81. The van der Waals surface area contributed by atoms with E-state index in [0.29, 0.717) is 5.69 Å². The average molecular weight is 413 g/mol. The predicted octanol–water partition coefficient (Wildman–Crippen LogP) is 2.86. The molecule has 0 unspecified atom stereocenters. The van der Waals surface area contributed by atoms with E-state index in [1.807, 2.05) is 0 Å². The van der Waals surface area contributed by atoms with Crippen LogP contribution in [0, 0.1) is 0 Å². The monoisotopic (exact) mass is 413 g/mol. The number of rotatable bonds is 5. The van der Waals surface area contributed by atoms with Gasteiger partial charge < -0.3 is 9.29 Å². The van der Waals surface area contributed by atoms with Gasteiger partial charge in [-0.15, -0.1) is 0 Å². The van der Waals surface area contributed by atoms with Crippen LogP contribution in [-0.4, -0.2) is 39.8 Å². The zero-order valence-electron chi connectivity index (χ0n) is 13.7. The Balaban J connectivity index is 1.99. The standard InChI is InChI=1S/C16H10F3N3O5S/c17-16(18,19)28(25,26)27-11-6-7-12(20-9-11)14-8-13(15(23)24)21-22(14)10-4-2-1-3-5-10/h1-9H,(H,23,24). The molecule has 0 saturated carbocycles. The van der Waals surface area contributed by atoms with Crippen LogP contribution in [0.3, 0.4) is 0 Å². The molecule has 0 fully saturated rings. The predicted molar refractivity (Wildman–Crippen MR) is 89.4 cm³/mol. The average Bonchev–Trinajstić information content (AvgIpc) is 3.07. The van der Waals surface area contributed by atoms with E-state index in [2.05, 4.69) is 14.3 Å². The fourth-order valence-corrected chi connectivity index (χ4v) is 2.64. The van der Waals surface area contributed by atoms with Crippen molar-refractivity contribution in [1.29, 1.82) is 0 Å². The first kappa shape index (κ1) is 19.4. The first-order chi connectivity index (χ1) is 13.1. The SMILES string of the molecule is O=C(O)c1cc(-c2ccc(OS(=O)(=O)C(F)(F)F)cn2)n(-c2ccccc2)n1. The summed E-state index contributed by atoms with van der Waals surface area (Å²) in [4.78, 5) is 15.1. The smallest absolute Gasteiger partial charge is 0.476 e. The third-order valence-corrected chi connectivity index (χ3v) is 4.40. The number of pyridine rings is 1. The van der Waals surface area contributed by atoms with Gasteiger partial charge in [-0.05, 0) is 24.3 Å². The van der Waals surface area contributed by atoms with Gasteiger partial charge in [-0.3, -0.25) is 4.98 Å². The number of para-hydroxylation sites is 1. The Morgan fingerprint density at radius 2 is 1.79 bits per heavy atom. The molecule has 0 aliphatic heterocycles. The van der Waals surface area contributed by atoms with Gasteiger partial charge in [0.05, 0.1) is 23.3 Å². The molecule has 3 rings (SSSR count). The number of carbonyl (C=O) groups is 1. The molecule has 0 saturated heterocycles. The van der Waals surface area contributed by atoms with Crippen LogP contribution in [0.15, 0.2) is 54.7 Å². The van der Waals surface area contributed by atoms with E-state index >= 15 is 0 Å². The third kappa shape index (κ3) is 3.81. The number of hydrogen-bond acceptors (Lipinski definition) is 6. The Bertz CT molecular complexity index is 1110. The van der Waals surface area contributed by atoms with Crippen molar-refractivity contribution in [3.05, 3.63) is 60.4 Å². The largest absolute Gasteiger partial charge is 0.534 e. The van der Waals surface area contributed by atoms with Crippen LogP contribution < -0.4 is 4.18 Å². The Morgan fingerprint density at radius 1 is 1.11 bits per heavy atom. The summed E-state index contributed by atoms with van der Waals surface area (Å²) in [6.45, 7) is 0. The third-order valence-electron chi connectivity index (χ3n) is 3.42. The maximum absolute atomic E-state index is 12.4. The summed E-state index contributed by atoms with van der Waals surface area (Å²) < 4.78 is 64.5. The van der Waals surface area contributed by atoms with E-state index in [1.165, 1.54) is 16.8 Å². The second-order valence-corrected chi connectivity index (χ2v) is 6.87. The highest BCUT2D eigenvalue weighted by molar-refractivity contribution is 7.88. The first-order valence-electron chi connectivity index (χ1n) is 7.44. The molecular weight excluding hydrogens is 403 g/mol. The summed E-state index contributed by atoms with van der Waals surface area (Å²) in [5.74, 6) is -1.93. The van der Waals surface area contributed by atoms with Crippen LogP contribution in [0.25, 0.3) is 17.1 Å². The van der Waals surface area contributed by atoms with Gasteiger partial charge in [0.1, 0.15) is 0 Å². The van der Waals surface area contributed by atoms with Crippen molar-refractivity contribution in [3.63, 3.8) is 0 Å². The molecule has 12 heteroatoms. The van der Waals surface area contributed by atoms with Crippen molar-refractivity contribution in [2.75, 3.05) is 0 Å². The van der Waals surface area contributed by atoms with E-state index < -0.39 is 27.3 Å². The van der Waals surface area contributed by atoms with Crippen molar-refractivity contribution in [2.24, 2.45) is 0 Å². The summed E-state index contributed by atoms with van der Waals surface area (Å²) in [6, 6.07) is 11.9. The molecule has 0 aliphatic rings. The van der Waals surface area contributed by atoms with Gasteiger partial charge in [-0.2, -0.15) is 26.7 Å². The molecule has 1 N–H and O–H groups in total. The molecule has 1 aromatic carbocycles. The lowest BCUT2D eigenvalue weighted by molar-refractivity contribution is -0.0500. The lowest BCUT2D eigenvalue weighted by Crippen LogP contribution is -2.28. The summed E-state index contributed by atoms with van der Waals surface area (Å²) in [5.41, 5.74) is -4.96. The number of hydrogen-bond donors (Lipinski definition) is 1. The van der Waals surface area contributed by atoms with Crippen molar-refractivity contribution >= 4 is 16.1 Å². The second-order valence-electron chi connectivity index (χ2n) is 5.33. The molecule has 2 heterocycles. The number of nitrogens with zero attached hydrogens (tertiary/aromatic N) is 3. The van der Waals surface area contributed by atoms with E-state index in [-0.39, 0.29) is 17.1 Å². The van der Waals surface area contributed by atoms with Crippen LogP contribution in [0.2, 0.25) is 0 Å². The quantitative estimate of drug-likeness (QED) is 0.506. The zero-order chi connectivity index (χ0) is 20.5. The highest BCUT2D eigenvalue weighted by Gasteiger charge is 2.48. The zero-order valence-corrected chi connectivity index (χ0v) is 14.5. The fraction of sp³-hybridized carbons (Fsp3) is 0.0625. The molecule has 0 amide bonds. The Hall–Kier alpha value is -3.41. The highest BCUT2D eigenvalue weighted by Crippen LogP contribution is 2.28. The molecule has 0 spiro atoms. The number of carboxylic acid groups (broad SMARTS) is 1. The molecule has 2 aromatic heterocycles. The maximum Gasteiger partial charge on any atom is 0.534 e. The molecular formula is C16H10F3N3O5S. The number of aromatic nitrogens is 3. The van der Waals surface area contributed by atoms with Crippen molar-refractivity contribution < 1.29 is 35.7 Å². The number of halogens is 3. The summed E-state index contributed by atoms with van der Waals surface area (Å²) in [7, 11) is -5.82. The van der Waals surface area contributed by atoms with Gasteiger partial charge in [0.25, 0.3) is 0 Å². The lowest BCUT2D eigenvalue weighted by Gasteiger charge is -2.10. The maximum atomic E-state index is 12.4. The minimum atomic E-state index is -5.82. The van der Waals surface area contributed by atoms with Crippen LogP contribution in [-0.2, 0) is 10.1 Å². The van der Waals surface area contributed by atoms with E-state index in [1.54, 1.807) is 30.3 Å². The molecule has 0 atom stereocenters. The van der Waals surface area contributed by atoms with Gasteiger partial charge in [0.15, 0.2) is 11.4 Å². The van der Waals surface area contributed by atoms with Crippen LogP contribution in [0.4, 0.5) is 13.2 Å². The highest BCUT2D eigenvalue weighted by atomic mass is 32.2. The van der Waals surface area contributed by atoms with Crippen LogP contribution >= 0.6 is 0 Å². The normalized spacial score (nSPS) is 12.0. The number of aromatic carboxylic acids is 1. The molecule has 28 heavy (non-hydrogen) atoms. The minimum Gasteiger partial charge on any atom is -0.476 e. The summed E-state index contributed by atoms with van der Waals surface area (Å²) in [6.07, 6.45) is 0.779. The summed E-state index contributed by atoms with van der Waals surface area (Å²) >= 11 is 0. The molecule has 0 radical (unpaired) electrons.